The smallest absolute Gasteiger partial charge is 0.261 e. The second kappa shape index (κ2) is 6.01. The molecule has 4 nitrogen and oxygen atoms in total. The summed E-state index contributed by atoms with van der Waals surface area (Å²) in [6.45, 7) is 1.49. The van der Waals surface area contributed by atoms with Gasteiger partial charge in [-0.05, 0) is 48.4 Å². The number of aliphatic hydroxyl groups is 1. The zero-order valence-electron chi connectivity index (χ0n) is 11.1. The van der Waals surface area contributed by atoms with Gasteiger partial charge in [0.2, 0.25) is 0 Å². The van der Waals surface area contributed by atoms with Crippen molar-refractivity contribution in [3.8, 4) is 0 Å². The Kier molecular flexibility index (Phi) is 4.51. The number of halogens is 2. The van der Waals surface area contributed by atoms with E-state index in [4.69, 9.17) is 11.6 Å². The Hall–Kier alpha value is -1.63. The van der Waals surface area contributed by atoms with Gasteiger partial charge in [-0.15, -0.1) is 0 Å². The lowest BCUT2D eigenvalue weighted by atomic mass is 10.1. The van der Waals surface area contributed by atoms with Crippen molar-refractivity contribution in [1.29, 1.82) is 0 Å². The molecule has 0 unspecified atom stereocenters. The van der Waals surface area contributed by atoms with Crippen LogP contribution in [0.2, 0.25) is 5.02 Å². The van der Waals surface area contributed by atoms with Crippen molar-refractivity contribution in [2.24, 2.45) is 0 Å². The van der Waals surface area contributed by atoms with Gasteiger partial charge in [0.25, 0.3) is 10.0 Å². The summed E-state index contributed by atoms with van der Waals surface area (Å²) in [7, 11) is -3.91. The molecule has 0 atom stereocenters. The highest BCUT2D eigenvalue weighted by Crippen LogP contribution is 2.26. The van der Waals surface area contributed by atoms with Crippen molar-refractivity contribution in [3.63, 3.8) is 0 Å². The number of nitrogens with one attached hydrogen (secondary N) is 1. The molecule has 0 saturated heterocycles. The molecule has 2 rings (SSSR count). The third kappa shape index (κ3) is 3.53. The number of benzene rings is 2. The molecular weight excluding hydrogens is 317 g/mol. The zero-order chi connectivity index (χ0) is 15.6. The molecule has 0 aliphatic carbocycles. The van der Waals surface area contributed by atoms with Crippen LogP contribution in [0.5, 0.6) is 0 Å². The summed E-state index contributed by atoms with van der Waals surface area (Å²) in [6.07, 6.45) is 0. The molecule has 2 aromatic rings. The Balaban J connectivity index is 2.41. The molecule has 0 spiro atoms. The standard InChI is InChI=1S/C14H13ClFNO3S/c1-9-2-4-12(6-10(9)8-18)21(19,20)17-14-7-11(16)3-5-13(14)15/h2-7,17-18H,8H2,1H3. The van der Waals surface area contributed by atoms with Gasteiger partial charge in [-0.3, -0.25) is 4.72 Å². The molecule has 0 heterocycles. The molecule has 112 valence electrons. The second-order valence-electron chi connectivity index (χ2n) is 4.48. The third-order valence-electron chi connectivity index (χ3n) is 2.97. The summed E-state index contributed by atoms with van der Waals surface area (Å²) in [4.78, 5) is -0.0301. The molecule has 0 fully saturated rings. The fourth-order valence-electron chi connectivity index (χ4n) is 1.76. The number of aryl methyl sites for hydroxylation is 1. The van der Waals surface area contributed by atoms with Crippen molar-refractivity contribution < 1.29 is 17.9 Å². The summed E-state index contributed by atoms with van der Waals surface area (Å²) in [5.41, 5.74) is 1.24. The van der Waals surface area contributed by atoms with E-state index >= 15 is 0 Å². The fraction of sp³-hybridized carbons (Fsp3) is 0.143. The summed E-state index contributed by atoms with van der Waals surface area (Å²) in [5, 5.41) is 9.29. The largest absolute Gasteiger partial charge is 0.392 e. The molecule has 0 aromatic heterocycles. The highest BCUT2D eigenvalue weighted by atomic mass is 35.5. The summed E-state index contributed by atoms with van der Waals surface area (Å²) in [6, 6.07) is 7.77. The molecule has 0 saturated carbocycles. The van der Waals surface area contributed by atoms with Gasteiger partial charge in [-0.25, -0.2) is 12.8 Å². The van der Waals surface area contributed by atoms with E-state index in [2.05, 4.69) is 4.72 Å². The quantitative estimate of drug-likeness (QED) is 0.906. The van der Waals surface area contributed by atoms with Gasteiger partial charge in [0, 0.05) is 0 Å². The highest BCUT2D eigenvalue weighted by molar-refractivity contribution is 7.92. The Morgan fingerprint density at radius 3 is 2.62 bits per heavy atom. The van der Waals surface area contributed by atoms with Crippen molar-refractivity contribution in [2.75, 3.05) is 4.72 Å². The van der Waals surface area contributed by atoms with Gasteiger partial charge in [0.15, 0.2) is 0 Å². The first-order chi connectivity index (χ1) is 9.83. The minimum Gasteiger partial charge on any atom is -0.392 e. The summed E-state index contributed by atoms with van der Waals surface area (Å²) in [5.74, 6) is -0.600. The average Bonchev–Trinajstić information content (AvgIpc) is 2.43. The van der Waals surface area contributed by atoms with Crippen LogP contribution in [-0.4, -0.2) is 13.5 Å². The van der Waals surface area contributed by atoms with Gasteiger partial charge in [-0.2, -0.15) is 0 Å². The van der Waals surface area contributed by atoms with Crippen LogP contribution >= 0.6 is 11.6 Å². The molecule has 21 heavy (non-hydrogen) atoms. The number of hydrogen-bond acceptors (Lipinski definition) is 3. The first-order valence-electron chi connectivity index (χ1n) is 6.02. The Morgan fingerprint density at radius 1 is 1.24 bits per heavy atom. The van der Waals surface area contributed by atoms with E-state index in [1.54, 1.807) is 13.0 Å². The van der Waals surface area contributed by atoms with E-state index < -0.39 is 15.8 Å². The van der Waals surface area contributed by atoms with Crippen molar-refractivity contribution in [1.82, 2.24) is 0 Å². The first kappa shape index (κ1) is 15.8. The molecule has 0 bridgehead atoms. The van der Waals surface area contributed by atoms with E-state index in [0.717, 1.165) is 17.7 Å². The Bertz CT molecular complexity index is 778. The van der Waals surface area contributed by atoms with Gasteiger partial charge in [-0.1, -0.05) is 17.7 Å². The lowest BCUT2D eigenvalue weighted by molar-refractivity contribution is 0.281. The van der Waals surface area contributed by atoms with Crippen LogP contribution in [0.1, 0.15) is 11.1 Å². The molecule has 2 N–H and O–H groups in total. The topological polar surface area (TPSA) is 66.4 Å². The van der Waals surface area contributed by atoms with E-state index in [9.17, 15) is 17.9 Å². The van der Waals surface area contributed by atoms with E-state index in [-0.39, 0.29) is 22.2 Å². The second-order valence-corrected chi connectivity index (χ2v) is 6.57. The third-order valence-corrected chi connectivity index (χ3v) is 4.67. The monoisotopic (exact) mass is 329 g/mol. The Morgan fingerprint density at radius 2 is 1.95 bits per heavy atom. The maximum Gasteiger partial charge on any atom is 0.261 e. The molecule has 0 aliphatic heterocycles. The number of aliphatic hydroxyl groups excluding tert-OH is 1. The van der Waals surface area contributed by atoms with Gasteiger partial charge in [0.05, 0.1) is 22.2 Å². The lowest BCUT2D eigenvalue weighted by Crippen LogP contribution is -2.14. The minimum atomic E-state index is -3.91. The highest BCUT2D eigenvalue weighted by Gasteiger charge is 2.17. The maximum atomic E-state index is 13.2. The van der Waals surface area contributed by atoms with Gasteiger partial charge >= 0.3 is 0 Å². The van der Waals surface area contributed by atoms with Gasteiger partial charge in [0.1, 0.15) is 5.82 Å². The van der Waals surface area contributed by atoms with Crippen LogP contribution in [-0.2, 0) is 16.6 Å². The van der Waals surface area contributed by atoms with Crippen LogP contribution in [0, 0.1) is 12.7 Å². The molecule has 0 amide bonds. The number of hydrogen-bond donors (Lipinski definition) is 2. The van der Waals surface area contributed by atoms with E-state index in [1.165, 1.54) is 18.2 Å². The molecule has 0 radical (unpaired) electrons. The Labute approximate surface area is 127 Å². The molecule has 0 aliphatic rings. The van der Waals surface area contributed by atoms with Crippen molar-refractivity contribution in [2.45, 2.75) is 18.4 Å². The van der Waals surface area contributed by atoms with Crippen LogP contribution in [0.15, 0.2) is 41.3 Å². The number of sulfonamides is 1. The van der Waals surface area contributed by atoms with Crippen LogP contribution < -0.4 is 4.72 Å². The van der Waals surface area contributed by atoms with Crippen molar-refractivity contribution in [3.05, 3.63) is 58.4 Å². The van der Waals surface area contributed by atoms with Crippen LogP contribution in [0.3, 0.4) is 0 Å². The van der Waals surface area contributed by atoms with Crippen LogP contribution in [0.4, 0.5) is 10.1 Å². The number of anilines is 1. The summed E-state index contributed by atoms with van der Waals surface area (Å²) < 4.78 is 39.9. The van der Waals surface area contributed by atoms with Gasteiger partial charge < -0.3 is 5.11 Å². The molecule has 7 heteroatoms. The lowest BCUT2D eigenvalue weighted by Gasteiger charge is -2.11. The minimum absolute atomic E-state index is 0.0301. The average molecular weight is 330 g/mol. The van der Waals surface area contributed by atoms with Crippen LogP contribution in [0.25, 0.3) is 0 Å². The van der Waals surface area contributed by atoms with Crippen molar-refractivity contribution >= 4 is 27.3 Å². The molecular formula is C14H13ClFNO3S. The normalized spacial score (nSPS) is 11.4. The van der Waals surface area contributed by atoms with E-state index in [1.807, 2.05) is 0 Å². The summed E-state index contributed by atoms with van der Waals surface area (Å²) >= 11 is 5.84. The molecule has 2 aromatic carbocycles. The first-order valence-corrected chi connectivity index (χ1v) is 7.88. The van der Waals surface area contributed by atoms with E-state index in [0.29, 0.717) is 5.56 Å². The zero-order valence-corrected chi connectivity index (χ0v) is 12.7. The SMILES string of the molecule is Cc1ccc(S(=O)(=O)Nc2cc(F)ccc2Cl)cc1CO. The fourth-order valence-corrected chi connectivity index (χ4v) is 3.11. The maximum absolute atomic E-state index is 13.2. The predicted molar refractivity (Wildman–Crippen MR) is 79.3 cm³/mol. The predicted octanol–water partition coefficient (Wildman–Crippen LogP) is 3.08. The number of rotatable bonds is 4.